The summed E-state index contributed by atoms with van der Waals surface area (Å²) in [6.45, 7) is 2.55. The maximum Gasteiger partial charge on any atom is 0.326 e. The van der Waals surface area contributed by atoms with E-state index in [1.165, 1.54) is 11.0 Å². The molecule has 4 nitrogen and oxygen atoms in total. The minimum Gasteiger partial charge on any atom is -0.480 e. The lowest BCUT2D eigenvalue weighted by molar-refractivity contribution is -0.151. The number of amides is 1. The van der Waals surface area contributed by atoms with Gasteiger partial charge in [0.2, 0.25) is 5.91 Å². The minimum atomic E-state index is -0.913. The molecule has 1 aromatic heterocycles. The van der Waals surface area contributed by atoms with Crippen molar-refractivity contribution >= 4 is 29.3 Å². The van der Waals surface area contributed by atoms with Crippen LogP contribution in [0.1, 0.15) is 24.6 Å². The number of hydrogen-bond acceptors (Lipinski definition) is 3. The van der Waals surface area contributed by atoms with Gasteiger partial charge in [0.15, 0.2) is 0 Å². The van der Waals surface area contributed by atoms with Crippen LogP contribution in [0.15, 0.2) is 23.6 Å². The summed E-state index contributed by atoms with van der Waals surface area (Å²) < 4.78 is 0. The number of carbonyl (C=O) groups is 2. The summed E-state index contributed by atoms with van der Waals surface area (Å²) in [5.74, 6) is -0.774. The SMILES string of the molecule is CC1CCN(C(=O)/C=C/c2cccs2)C(C(=O)O)C1. The first-order valence-electron chi connectivity index (χ1n) is 6.33. The number of thiophene rings is 1. The van der Waals surface area contributed by atoms with E-state index in [1.807, 2.05) is 24.4 Å². The van der Waals surface area contributed by atoms with Crippen LogP contribution < -0.4 is 0 Å². The van der Waals surface area contributed by atoms with Crippen molar-refractivity contribution in [3.05, 3.63) is 28.5 Å². The molecule has 2 rings (SSSR count). The quantitative estimate of drug-likeness (QED) is 0.865. The molecule has 102 valence electrons. The summed E-state index contributed by atoms with van der Waals surface area (Å²) in [5.41, 5.74) is 0. The third-order valence-corrected chi connectivity index (χ3v) is 4.20. The van der Waals surface area contributed by atoms with Crippen LogP contribution in [-0.2, 0) is 9.59 Å². The number of piperidine rings is 1. The molecule has 1 aliphatic rings. The van der Waals surface area contributed by atoms with Crippen molar-refractivity contribution in [3.63, 3.8) is 0 Å². The molecular weight excluding hydrogens is 262 g/mol. The van der Waals surface area contributed by atoms with E-state index in [2.05, 4.69) is 0 Å². The van der Waals surface area contributed by atoms with E-state index in [1.54, 1.807) is 17.4 Å². The Bertz CT molecular complexity index is 481. The van der Waals surface area contributed by atoms with Crippen LogP contribution in [0.5, 0.6) is 0 Å². The molecule has 1 fully saturated rings. The molecular formula is C14H17NO3S. The second kappa shape index (κ2) is 6.02. The zero-order valence-corrected chi connectivity index (χ0v) is 11.6. The fourth-order valence-electron chi connectivity index (χ4n) is 2.27. The maximum absolute atomic E-state index is 12.1. The van der Waals surface area contributed by atoms with E-state index < -0.39 is 12.0 Å². The van der Waals surface area contributed by atoms with Gasteiger partial charge in [-0.2, -0.15) is 0 Å². The standard InChI is InChI=1S/C14H17NO3S/c1-10-6-7-15(12(9-10)14(17)18)13(16)5-4-11-3-2-8-19-11/h2-5,8,10,12H,6-7,9H2,1H3,(H,17,18)/b5-4+. The number of likely N-dealkylation sites (tertiary alicyclic amines) is 1. The number of aliphatic carboxylic acids is 1. The van der Waals surface area contributed by atoms with Gasteiger partial charge in [0, 0.05) is 17.5 Å². The highest BCUT2D eigenvalue weighted by atomic mass is 32.1. The van der Waals surface area contributed by atoms with Gasteiger partial charge in [-0.15, -0.1) is 11.3 Å². The normalized spacial score (nSPS) is 23.7. The van der Waals surface area contributed by atoms with Gasteiger partial charge in [0.1, 0.15) is 6.04 Å². The molecule has 0 radical (unpaired) electrons. The van der Waals surface area contributed by atoms with Crippen LogP contribution in [0.3, 0.4) is 0 Å². The number of rotatable bonds is 3. The van der Waals surface area contributed by atoms with Gasteiger partial charge in [-0.05, 0) is 36.3 Å². The Morgan fingerprint density at radius 2 is 2.32 bits per heavy atom. The second-order valence-corrected chi connectivity index (χ2v) is 5.84. The second-order valence-electron chi connectivity index (χ2n) is 4.86. The predicted molar refractivity (Wildman–Crippen MR) is 74.9 cm³/mol. The first-order valence-corrected chi connectivity index (χ1v) is 7.21. The Balaban J connectivity index is 2.06. The van der Waals surface area contributed by atoms with Gasteiger partial charge in [0.05, 0.1) is 0 Å². The molecule has 0 bridgehead atoms. The summed E-state index contributed by atoms with van der Waals surface area (Å²) >= 11 is 1.55. The van der Waals surface area contributed by atoms with Gasteiger partial charge < -0.3 is 10.0 Å². The van der Waals surface area contributed by atoms with E-state index in [4.69, 9.17) is 0 Å². The Labute approximate surface area is 116 Å². The molecule has 1 saturated heterocycles. The van der Waals surface area contributed by atoms with Crippen molar-refractivity contribution in [2.24, 2.45) is 5.92 Å². The van der Waals surface area contributed by atoms with Crippen molar-refractivity contribution in [1.29, 1.82) is 0 Å². The molecule has 2 heterocycles. The summed E-state index contributed by atoms with van der Waals surface area (Å²) in [6, 6.07) is 3.14. The lowest BCUT2D eigenvalue weighted by atomic mass is 9.92. The molecule has 0 aromatic carbocycles. The Morgan fingerprint density at radius 3 is 2.95 bits per heavy atom. The summed E-state index contributed by atoms with van der Waals surface area (Å²) in [7, 11) is 0. The molecule has 19 heavy (non-hydrogen) atoms. The van der Waals surface area contributed by atoms with Crippen molar-refractivity contribution in [2.75, 3.05) is 6.54 Å². The lowest BCUT2D eigenvalue weighted by Gasteiger charge is -2.35. The number of carboxylic acids is 1. The number of carbonyl (C=O) groups excluding carboxylic acids is 1. The number of hydrogen-bond donors (Lipinski definition) is 1. The van der Waals surface area contributed by atoms with Crippen molar-refractivity contribution in [1.82, 2.24) is 4.90 Å². The average molecular weight is 279 g/mol. The highest BCUT2D eigenvalue weighted by molar-refractivity contribution is 7.10. The van der Waals surface area contributed by atoms with Crippen molar-refractivity contribution < 1.29 is 14.7 Å². The zero-order valence-electron chi connectivity index (χ0n) is 10.8. The van der Waals surface area contributed by atoms with Gasteiger partial charge in [-0.1, -0.05) is 13.0 Å². The molecule has 0 saturated carbocycles. The molecule has 2 unspecified atom stereocenters. The Morgan fingerprint density at radius 1 is 1.53 bits per heavy atom. The highest BCUT2D eigenvalue weighted by Gasteiger charge is 2.33. The highest BCUT2D eigenvalue weighted by Crippen LogP contribution is 2.23. The lowest BCUT2D eigenvalue weighted by Crippen LogP contribution is -2.49. The molecule has 0 aliphatic carbocycles. The van der Waals surface area contributed by atoms with Crippen molar-refractivity contribution in [2.45, 2.75) is 25.8 Å². The van der Waals surface area contributed by atoms with Crippen LogP contribution in [0, 0.1) is 5.92 Å². The molecule has 5 heteroatoms. The molecule has 1 aromatic rings. The average Bonchev–Trinajstić information content (AvgIpc) is 2.88. The summed E-state index contributed by atoms with van der Waals surface area (Å²) in [4.78, 5) is 25.8. The van der Waals surface area contributed by atoms with E-state index in [9.17, 15) is 14.7 Å². The van der Waals surface area contributed by atoms with Gasteiger partial charge in [-0.25, -0.2) is 4.79 Å². The third-order valence-electron chi connectivity index (χ3n) is 3.37. The maximum atomic E-state index is 12.1. The third kappa shape index (κ3) is 3.44. The first-order chi connectivity index (χ1) is 9.08. The van der Waals surface area contributed by atoms with Gasteiger partial charge in [0.25, 0.3) is 0 Å². The molecule has 1 amide bonds. The van der Waals surface area contributed by atoms with Crippen molar-refractivity contribution in [3.8, 4) is 0 Å². The summed E-state index contributed by atoms with van der Waals surface area (Å²) in [6.07, 6.45) is 4.61. The first kappa shape index (κ1) is 13.8. The van der Waals surface area contributed by atoms with E-state index in [0.29, 0.717) is 18.9 Å². The van der Waals surface area contributed by atoms with Crippen LogP contribution >= 0.6 is 11.3 Å². The molecule has 0 spiro atoms. The Kier molecular flexibility index (Phi) is 4.37. The number of nitrogens with zero attached hydrogens (tertiary/aromatic N) is 1. The van der Waals surface area contributed by atoms with Crippen LogP contribution in [0.25, 0.3) is 6.08 Å². The predicted octanol–water partition coefficient (Wildman–Crippen LogP) is 2.47. The molecule has 2 atom stereocenters. The van der Waals surface area contributed by atoms with E-state index in [0.717, 1.165) is 11.3 Å². The fourth-order valence-corrected chi connectivity index (χ4v) is 2.89. The number of carboxylic acid groups (broad SMARTS) is 1. The molecule has 1 N–H and O–H groups in total. The smallest absolute Gasteiger partial charge is 0.326 e. The largest absolute Gasteiger partial charge is 0.480 e. The van der Waals surface area contributed by atoms with Crippen LogP contribution in [0.4, 0.5) is 0 Å². The summed E-state index contributed by atoms with van der Waals surface area (Å²) in [5, 5.41) is 11.1. The van der Waals surface area contributed by atoms with Crippen LogP contribution in [0.2, 0.25) is 0 Å². The monoisotopic (exact) mass is 279 g/mol. The Hall–Kier alpha value is -1.62. The van der Waals surface area contributed by atoms with Gasteiger partial charge in [-0.3, -0.25) is 4.79 Å². The van der Waals surface area contributed by atoms with E-state index in [-0.39, 0.29) is 5.91 Å². The molecule has 1 aliphatic heterocycles. The minimum absolute atomic E-state index is 0.215. The van der Waals surface area contributed by atoms with Gasteiger partial charge >= 0.3 is 5.97 Å². The fraction of sp³-hybridized carbons (Fsp3) is 0.429. The topological polar surface area (TPSA) is 57.6 Å². The van der Waals surface area contributed by atoms with Crippen LogP contribution in [-0.4, -0.2) is 34.5 Å². The van der Waals surface area contributed by atoms with E-state index >= 15 is 0 Å². The zero-order chi connectivity index (χ0) is 13.8.